The normalized spacial score (nSPS) is 16.8. The van der Waals surface area contributed by atoms with E-state index in [0.717, 1.165) is 107 Å². The molecule has 9 N–H and O–H groups in total. The standard InChI is InChI=1S/C29H34FN7O.C27H32FN7.C6H6BFO2/c1-18(2)37-17-32-26-27(31-16-20-4-6-21(7-5-20)22-8-10-23(30)11-9-22)35-29(36-28(26)37)34-25-14-12-24(13-15-25)33-19(3)38;1-17(2)35-16-31-24-25(33-27(34-26(24)35)32-23-13-11-22(29)12-14-23)30-15-18-3-5-19(6-4-18)20-7-9-21(28)10-8-20;8-6-3-1-5(2-4-6)7(9)10/h4-11,17-18,24-25H,12-16H2,1-3H3,(H,33,38)(H2,31,34,35,36);3-10,16-17,22-23H,11-15,29H2,1-2H3,(H2,30,32,33,34);1-4,9-10H. The lowest BCUT2D eigenvalue weighted by molar-refractivity contribution is -0.119. The SMILES string of the molecule is CC(=O)NC1CCC(Nc2nc(NCc3ccc(-c4ccc(F)cc4)cc3)c3ncn(C(C)C)c3n2)CC1.CC(C)n1cnc2c(NCc3ccc(-c4ccc(F)cc4)cc3)nc(NC3CCC(N)CC3)nc21.OB(O)c1ccc(F)cc1. The lowest BCUT2D eigenvalue weighted by Gasteiger charge is -2.29. The average Bonchev–Trinajstić information content (AvgIpc) is 4.34. The summed E-state index contributed by atoms with van der Waals surface area (Å²) < 4.78 is 42.8. The predicted molar refractivity (Wildman–Crippen MR) is 323 cm³/mol. The number of hydrogen-bond acceptors (Lipinski definition) is 14. The molecule has 0 saturated heterocycles. The van der Waals surface area contributed by atoms with Gasteiger partial charge in [0.05, 0.1) is 12.7 Å². The van der Waals surface area contributed by atoms with Crippen LogP contribution in [0.4, 0.5) is 36.7 Å². The summed E-state index contributed by atoms with van der Waals surface area (Å²) in [5, 5.41) is 34.1. The molecule has 83 heavy (non-hydrogen) atoms. The van der Waals surface area contributed by atoms with Gasteiger partial charge in [-0.3, -0.25) is 4.79 Å². The number of halogens is 3. The Hall–Kier alpha value is -8.40. The lowest BCUT2D eigenvalue weighted by atomic mass is 9.80. The minimum atomic E-state index is -1.51. The smallest absolute Gasteiger partial charge is 0.423 e. The van der Waals surface area contributed by atoms with E-state index < -0.39 is 7.12 Å². The molecule has 0 atom stereocenters. The van der Waals surface area contributed by atoms with Crippen LogP contribution in [0.25, 0.3) is 44.6 Å². The number of anilines is 4. The molecule has 5 aromatic carbocycles. The zero-order chi connectivity index (χ0) is 58.6. The van der Waals surface area contributed by atoms with Gasteiger partial charge in [-0.25, -0.2) is 23.1 Å². The third-order valence-electron chi connectivity index (χ3n) is 14.9. The lowest BCUT2D eigenvalue weighted by Crippen LogP contribution is -2.39. The Morgan fingerprint density at radius 1 is 0.542 bits per heavy atom. The minimum Gasteiger partial charge on any atom is -0.423 e. The highest BCUT2D eigenvalue weighted by atomic mass is 19.1. The molecular formula is C62H72BF3N14O3. The van der Waals surface area contributed by atoms with Crippen LogP contribution in [-0.2, 0) is 17.9 Å². The van der Waals surface area contributed by atoms with E-state index in [1.807, 2.05) is 36.9 Å². The van der Waals surface area contributed by atoms with Crippen molar-refractivity contribution in [1.29, 1.82) is 0 Å². The van der Waals surface area contributed by atoms with Crippen molar-refractivity contribution in [2.75, 3.05) is 21.3 Å². The van der Waals surface area contributed by atoms with E-state index in [9.17, 15) is 18.0 Å². The molecule has 0 spiro atoms. The summed E-state index contributed by atoms with van der Waals surface area (Å²) in [5.74, 6) is 1.77. The van der Waals surface area contributed by atoms with E-state index in [0.29, 0.717) is 54.2 Å². The van der Waals surface area contributed by atoms with Gasteiger partial charge in [0.1, 0.15) is 17.5 Å². The Labute approximate surface area is 482 Å². The molecule has 0 bridgehead atoms. The van der Waals surface area contributed by atoms with Crippen molar-refractivity contribution < 1.29 is 28.0 Å². The fraction of sp³-hybridized carbons (Fsp3) is 0.339. The first-order valence-corrected chi connectivity index (χ1v) is 28.4. The van der Waals surface area contributed by atoms with Gasteiger partial charge in [0.15, 0.2) is 34.0 Å². The maximum atomic E-state index is 13.3. The largest absolute Gasteiger partial charge is 0.488 e. The zero-order valence-electron chi connectivity index (χ0n) is 47.4. The number of fused-ring (bicyclic) bond motifs is 2. The molecule has 2 aliphatic carbocycles. The van der Waals surface area contributed by atoms with Crippen LogP contribution in [0.3, 0.4) is 0 Å². The van der Waals surface area contributed by atoms with Gasteiger partial charge in [0.25, 0.3) is 0 Å². The van der Waals surface area contributed by atoms with Gasteiger partial charge in [-0.2, -0.15) is 19.9 Å². The van der Waals surface area contributed by atoms with E-state index in [1.54, 1.807) is 31.2 Å². The molecule has 4 aromatic heterocycles. The monoisotopic (exact) mass is 1130 g/mol. The van der Waals surface area contributed by atoms with Crippen LogP contribution in [0.1, 0.15) is 109 Å². The van der Waals surface area contributed by atoms with Crippen molar-refractivity contribution in [2.45, 2.75) is 135 Å². The van der Waals surface area contributed by atoms with E-state index in [-0.39, 0.29) is 47.5 Å². The van der Waals surface area contributed by atoms with Crippen LogP contribution in [-0.4, -0.2) is 86.3 Å². The summed E-state index contributed by atoms with van der Waals surface area (Å²) in [7, 11) is -1.51. The molecular weight excluding hydrogens is 1060 g/mol. The number of hydrogen-bond donors (Lipinski definition) is 8. The number of nitrogens with one attached hydrogen (secondary N) is 5. The maximum Gasteiger partial charge on any atom is 0.488 e. The Kier molecular flexibility index (Phi) is 19.7. The van der Waals surface area contributed by atoms with Gasteiger partial charge >= 0.3 is 7.12 Å². The first kappa shape index (κ1) is 59.2. The van der Waals surface area contributed by atoms with Gasteiger partial charge in [0, 0.05) is 56.3 Å². The van der Waals surface area contributed by atoms with Gasteiger partial charge in [-0.05, 0) is 154 Å². The Balaban J connectivity index is 0.000000171. The molecule has 0 radical (unpaired) electrons. The number of nitrogens with zero attached hydrogens (tertiary/aromatic N) is 8. The molecule has 2 aliphatic rings. The van der Waals surface area contributed by atoms with Gasteiger partial charge < -0.3 is 51.5 Å². The van der Waals surface area contributed by atoms with Crippen LogP contribution in [0.15, 0.2) is 134 Å². The summed E-state index contributed by atoms with van der Waals surface area (Å²) >= 11 is 0. The second kappa shape index (κ2) is 27.6. The van der Waals surface area contributed by atoms with E-state index in [4.69, 9.17) is 35.7 Å². The van der Waals surface area contributed by atoms with Gasteiger partial charge in [0.2, 0.25) is 17.8 Å². The van der Waals surface area contributed by atoms with Crippen LogP contribution < -0.4 is 37.8 Å². The number of carbonyl (C=O) groups excluding carboxylic acids is 1. The number of carbonyl (C=O) groups is 1. The fourth-order valence-electron chi connectivity index (χ4n) is 10.2. The van der Waals surface area contributed by atoms with Crippen molar-refractivity contribution in [3.05, 3.63) is 163 Å². The number of imidazole rings is 2. The van der Waals surface area contributed by atoms with E-state index >= 15 is 0 Å². The van der Waals surface area contributed by atoms with Crippen molar-refractivity contribution >= 4 is 64.3 Å². The molecule has 432 valence electrons. The summed E-state index contributed by atoms with van der Waals surface area (Å²) in [4.78, 5) is 39.9. The topological polar surface area (TPSA) is 231 Å². The Morgan fingerprint density at radius 2 is 0.892 bits per heavy atom. The van der Waals surface area contributed by atoms with Crippen LogP contribution >= 0.6 is 0 Å². The molecule has 0 unspecified atom stereocenters. The molecule has 2 fully saturated rings. The molecule has 0 aliphatic heterocycles. The fourth-order valence-corrected chi connectivity index (χ4v) is 10.2. The highest BCUT2D eigenvalue weighted by molar-refractivity contribution is 6.58. The number of amides is 1. The van der Waals surface area contributed by atoms with E-state index in [1.165, 1.54) is 48.5 Å². The predicted octanol–water partition coefficient (Wildman–Crippen LogP) is 10.7. The third-order valence-corrected chi connectivity index (χ3v) is 14.9. The number of rotatable bonds is 16. The zero-order valence-corrected chi connectivity index (χ0v) is 47.4. The minimum absolute atomic E-state index is 0.0259. The molecule has 4 heterocycles. The highest BCUT2D eigenvalue weighted by Crippen LogP contribution is 2.30. The van der Waals surface area contributed by atoms with Crippen molar-refractivity contribution in [2.24, 2.45) is 5.73 Å². The van der Waals surface area contributed by atoms with Gasteiger partial charge in [-0.15, -0.1) is 0 Å². The van der Waals surface area contributed by atoms with Crippen molar-refractivity contribution in [3.8, 4) is 22.3 Å². The Morgan fingerprint density at radius 3 is 1.25 bits per heavy atom. The summed E-state index contributed by atoms with van der Waals surface area (Å²) in [6.45, 7) is 11.2. The molecule has 11 rings (SSSR count). The number of benzene rings is 5. The molecule has 9 aromatic rings. The van der Waals surface area contributed by atoms with Crippen LogP contribution in [0.2, 0.25) is 0 Å². The molecule has 17 nitrogen and oxygen atoms in total. The maximum absolute atomic E-state index is 13.3. The highest BCUT2D eigenvalue weighted by Gasteiger charge is 2.25. The second-order valence-corrected chi connectivity index (χ2v) is 21.8. The van der Waals surface area contributed by atoms with E-state index in [2.05, 4.69) is 97.6 Å². The quantitative estimate of drug-likeness (QED) is 0.0421. The first-order chi connectivity index (χ1) is 40.0. The molecule has 2 saturated carbocycles. The third kappa shape index (κ3) is 16.0. The molecule has 21 heteroatoms. The number of nitrogens with two attached hydrogens (primary N) is 1. The van der Waals surface area contributed by atoms with Crippen LogP contribution in [0, 0.1) is 17.5 Å². The van der Waals surface area contributed by atoms with Crippen molar-refractivity contribution in [3.63, 3.8) is 0 Å². The first-order valence-electron chi connectivity index (χ1n) is 28.4. The second-order valence-electron chi connectivity index (χ2n) is 21.8. The molecule has 1 amide bonds. The average molecular weight is 1130 g/mol. The Bertz CT molecular complexity index is 3530. The number of aromatic nitrogens is 8. The van der Waals surface area contributed by atoms with Crippen LogP contribution in [0.5, 0.6) is 0 Å². The van der Waals surface area contributed by atoms with Crippen molar-refractivity contribution in [1.82, 2.24) is 44.4 Å². The summed E-state index contributed by atoms with van der Waals surface area (Å²) in [6.07, 6.45) is 11.5. The summed E-state index contributed by atoms with van der Waals surface area (Å²) in [6, 6.07) is 36.0. The summed E-state index contributed by atoms with van der Waals surface area (Å²) in [5.41, 5.74) is 15.7. The van der Waals surface area contributed by atoms with Gasteiger partial charge in [-0.1, -0.05) is 84.9 Å².